The first-order valence-electron chi connectivity index (χ1n) is 9.60. The minimum atomic E-state index is 0.434. The predicted octanol–water partition coefficient (Wildman–Crippen LogP) is 5.20. The van der Waals surface area contributed by atoms with Gasteiger partial charge < -0.3 is 14.8 Å². The average molecular weight is 400 g/mol. The van der Waals surface area contributed by atoms with Gasteiger partial charge in [0.25, 0.3) is 0 Å². The van der Waals surface area contributed by atoms with Gasteiger partial charge in [-0.15, -0.1) is 0 Å². The summed E-state index contributed by atoms with van der Waals surface area (Å²) in [6.07, 6.45) is 3.59. The zero-order valence-corrected chi connectivity index (χ0v) is 17.9. The maximum atomic E-state index is 5.84. The molecule has 0 aliphatic rings. The largest absolute Gasteiger partial charge is 0.493 e. The molecule has 0 aliphatic carbocycles. The van der Waals surface area contributed by atoms with Crippen LogP contribution in [0.5, 0.6) is 11.5 Å². The van der Waals surface area contributed by atoms with Crippen molar-refractivity contribution in [2.24, 2.45) is 5.10 Å². The molecule has 0 fully saturated rings. The van der Waals surface area contributed by atoms with Crippen molar-refractivity contribution in [3.05, 3.63) is 53.1 Å². The Hall–Kier alpha value is -2.60. The van der Waals surface area contributed by atoms with Gasteiger partial charge in [-0.05, 0) is 68.2 Å². The third kappa shape index (κ3) is 6.85. The molecule has 0 unspecified atom stereocenters. The Kier molecular flexibility index (Phi) is 8.75. The minimum absolute atomic E-state index is 0.434. The highest BCUT2D eigenvalue weighted by atomic mass is 32.1. The molecule has 0 radical (unpaired) electrons. The van der Waals surface area contributed by atoms with E-state index in [-0.39, 0.29) is 0 Å². The second-order valence-electron chi connectivity index (χ2n) is 6.54. The molecule has 0 saturated carbocycles. The van der Waals surface area contributed by atoms with Gasteiger partial charge in [-0.3, -0.25) is 5.43 Å². The summed E-state index contributed by atoms with van der Waals surface area (Å²) in [6, 6.07) is 11.9. The molecule has 6 heteroatoms. The van der Waals surface area contributed by atoms with Gasteiger partial charge in [0, 0.05) is 17.3 Å². The SMILES string of the molecule is CCCOc1ccc(/C=N\NC(=S)Nc2cc(C)ccc2C)c(OCCC)c1. The van der Waals surface area contributed by atoms with Crippen molar-refractivity contribution < 1.29 is 9.47 Å². The first kappa shape index (κ1) is 21.7. The lowest BCUT2D eigenvalue weighted by atomic mass is 10.1. The first-order valence-corrected chi connectivity index (χ1v) is 10.0. The highest BCUT2D eigenvalue weighted by Crippen LogP contribution is 2.24. The summed E-state index contributed by atoms with van der Waals surface area (Å²) in [4.78, 5) is 0. The monoisotopic (exact) mass is 399 g/mol. The van der Waals surface area contributed by atoms with Crippen LogP contribution in [0, 0.1) is 13.8 Å². The van der Waals surface area contributed by atoms with Crippen LogP contribution in [0.2, 0.25) is 0 Å². The lowest BCUT2D eigenvalue weighted by Gasteiger charge is -2.12. The van der Waals surface area contributed by atoms with Gasteiger partial charge in [-0.2, -0.15) is 5.10 Å². The van der Waals surface area contributed by atoms with Gasteiger partial charge in [-0.25, -0.2) is 0 Å². The van der Waals surface area contributed by atoms with Crippen LogP contribution in [-0.2, 0) is 0 Å². The summed E-state index contributed by atoms with van der Waals surface area (Å²) in [6.45, 7) is 9.55. The molecule has 2 aromatic carbocycles. The van der Waals surface area contributed by atoms with Crippen molar-refractivity contribution >= 4 is 29.2 Å². The topological polar surface area (TPSA) is 54.9 Å². The molecule has 0 atom stereocenters. The Balaban J connectivity index is 2.03. The predicted molar refractivity (Wildman–Crippen MR) is 121 cm³/mol. The fourth-order valence-corrected chi connectivity index (χ4v) is 2.61. The average Bonchev–Trinajstić information content (AvgIpc) is 2.68. The van der Waals surface area contributed by atoms with E-state index in [2.05, 4.69) is 47.9 Å². The molecule has 0 bridgehead atoms. The van der Waals surface area contributed by atoms with E-state index in [0.717, 1.165) is 41.2 Å². The van der Waals surface area contributed by atoms with Gasteiger partial charge in [0.2, 0.25) is 0 Å². The fraction of sp³-hybridized carbons (Fsp3) is 0.364. The molecule has 0 saturated heterocycles. The molecule has 0 heterocycles. The standard InChI is InChI=1S/C22H29N3O2S/c1-5-11-26-19-10-9-18(21(14-19)27-12-6-2)15-23-25-22(28)24-20-13-16(3)7-8-17(20)4/h7-10,13-15H,5-6,11-12H2,1-4H3,(H2,24,25,28)/b23-15-. The number of hydrazone groups is 1. The van der Waals surface area contributed by atoms with Gasteiger partial charge >= 0.3 is 0 Å². The van der Waals surface area contributed by atoms with Crippen molar-refractivity contribution in [3.63, 3.8) is 0 Å². The number of ether oxygens (including phenoxy) is 2. The van der Waals surface area contributed by atoms with Gasteiger partial charge in [0.05, 0.1) is 19.4 Å². The van der Waals surface area contributed by atoms with Gasteiger partial charge in [-0.1, -0.05) is 26.0 Å². The summed E-state index contributed by atoms with van der Waals surface area (Å²) in [5.41, 5.74) is 6.98. The lowest BCUT2D eigenvalue weighted by molar-refractivity contribution is 0.301. The van der Waals surface area contributed by atoms with Crippen molar-refractivity contribution in [3.8, 4) is 11.5 Å². The maximum absolute atomic E-state index is 5.84. The highest BCUT2D eigenvalue weighted by molar-refractivity contribution is 7.80. The lowest BCUT2D eigenvalue weighted by Crippen LogP contribution is -2.24. The van der Waals surface area contributed by atoms with E-state index in [9.17, 15) is 0 Å². The Morgan fingerprint density at radius 2 is 1.79 bits per heavy atom. The Labute approximate surface area is 173 Å². The summed E-state index contributed by atoms with van der Waals surface area (Å²) in [7, 11) is 0. The molecular weight excluding hydrogens is 370 g/mol. The summed E-state index contributed by atoms with van der Waals surface area (Å²) in [5.74, 6) is 1.54. The normalized spacial score (nSPS) is 10.7. The molecule has 0 aromatic heterocycles. The Morgan fingerprint density at radius 3 is 2.54 bits per heavy atom. The smallest absolute Gasteiger partial charge is 0.191 e. The minimum Gasteiger partial charge on any atom is -0.493 e. The first-order chi connectivity index (χ1) is 13.5. The zero-order chi connectivity index (χ0) is 20.4. The number of nitrogens with zero attached hydrogens (tertiary/aromatic N) is 1. The third-order valence-electron chi connectivity index (χ3n) is 3.93. The number of benzene rings is 2. The summed E-state index contributed by atoms with van der Waals surface area (Å²) < 4.78 is 11.5. The van der Waals surface area contributed by atoms with E-state index in [1.165, 1.54) is 5.56 Å². The molecule has 0 amide bonds. The molecule has 2 aromatic rings. The maximum Gasteiger partial charge on any atom is 0.191 e. The quantitative estimate of drug-likeness (QED) is 0.345. The van der Waals surface area contributed by atoms with E-state index in [0.29, 0.717) is 18.3 Å². The van der Waals surface area contributed by atoms with Crippen molar-refractivity contribution in [2.75, 3.05) is 18.5 Å². The van der Waals surface area contributed by atoms with Crippen LogP contribution >= 0.6 is 12.2 Å². The summed E-state index contributed by atoms with van der Waals surface area (Å²) >= 11 is 5.34. The van der Waals surface area contributed by atoms with Crippen LogP contribution in [0.4, 0.5) is 5.69 Å². The molecule has 2 N–H and O–H groups in total. The summed E-state index contributed by atoms with van der Waals surface area (Å²) in [5, 5.41) is 7.86. The van der Waals surface area contributed by atoms with Crippen LogP contribution in [0.15, 0.2) is 41.5 Å². The number of thiocarbonyl (C=S) groups is 1. The van der Waals surface area contributed by atoms with Crippen molar-refractivity contribution in [2.45, 2.75) is 40.5 Å². The molecule has 150 valence electrons. The number of rotatable bonds is 9. The Morgan fingerprint density at radius 1 is 1.04 bits per heavy atom. The number of hydrogen-bond donors (Lipinski definition) is 2. The number of nitrogens with one attached hydrogen (secondary N) is 2. The van der Waals surface area contributed by atoms with Crippen LogP contribution in [0.1, 0.15) is 43.4 Å². The van der Waals surface area contributed by atoms with E-state index in [1.807, 2.05) is 32.0 Å². The van der Waals surface area contributed by atoms with Gasteiger partial charge in [0.15, 0.2) is 5.11 Å². The molecule has 28 heavy (non-hydrogen) atoms. The fourth-order valence-electron chi connectivity index (χ4n) is 2.45. The third-order valence-corrected chi connectivity index (χ3v) is 4.12. The van der Waals surface area contributed by atoms with Crippen LogP contribution in [-0.4, -0.2) is 24.5 Å². The van der Waals surface area contributed by atoms with E-state index in [1.54, 1.807) is 6.21 Å². The molecular formula is C22H29N3O2S. The molecule has 0 spiro atoms. The van der Waals surface area contributed by atoms with E-state index < -0.39 is 0 Å². The van der Waals surface area contributed by atoms with Crippen LogP contribution in [0.3, 0.4) is 0 Å². The number of hydrogen-bond acceptors (Lipinski definition) is 4. The van der Waals surface area contributed by atoms with Crippen molar-refractivity contribution in [1.29, 1.82) is 0 Å². The van der Waals surface area contributed by atoms with E-state index in [4.69, 9.17) is 21.7 Å². The van der Waals surface area contributed by atoms with Crippen LogP contribution < -0.4 is 20.2 Å². The highest BCUT2D eigenvalue weighted by Gasteiger charge is 2.05. The van der Waals surface area contributed by atoms with E-state index >= 15 is 0 Å². The second kappa shape index (κ2) is 11.3. The van der Waals surface area contributed by atoms with Crippen molar-refractivity contribution in [1.82, 2.24) is 5.43 Å². The molecule has 5 nitrogen and oxygen atoms in total. The zero-order valence-electron chi connectivity index (χ0n) is 17.0. The molecule has 0 aliphatic heterocycles. The second-order valence-corrected chi connectivity index (χ2v) is 6.95. The number of anilines is 1. The Bertz CT molecular complexity index is 821. The number of aryl methyl sites for hydroxylation is 2. The molecule has 2 rings (SSSR count). The van der Waals surface area contributed by atoms with Crippen LogP contribution in [0.25, 0.3) is 0 Å². The van der Waals surface area contributed by atoms with Gasteiger partial charge in [0.1, 0.15) is 11.5 Å².